The van der Waals surface area contributed by atoms with Gasteiger partial charge in [0.05, 0.1) is 0 Å². The fourth-order valence-electron chi connectivity index (χ4n) is 0. The molecule has 0 spiro atoms. The van der Waals surface area contributed by atoms with Crippen molar-refractivity contribution >= 4 is 7.06 Å². The van der Waals surface area contributed by atoms with Crippen LogP contribution in [0.2, 0.25) is 0 Å². The van der Waals surface area contributed by atoms with Crippen LogP contribution in [0, 0.1) is 10.1 Å². The van der Waals surface area contributed by atoms with Crippen molar-refractivity contribution < 1.29 is 20.1 Å². The van der Waals surface area contributed by atoms with Crippen molar-refractivity contribution in [1.82, 2.24) is 0 Å². The van der Waals surface area contributed by atoms with Crippen LogP contribution in [0.3, 0.4) is 0 Å². The maximum absolute atomic E-state index is 8.98. The van der Waals surface area contributed by atoms with E-state index in [0.29, 0.717) is 6.16 Å². The quantitative estimate of drug-likeness (QED) is 0.311. The van der Waals surface area contributed by atoms with Crippen LogP contribution in [0.25, 0.3) is 0 Å². The van der Waals surface area contributed by atoms with Gasteiger partial charge < -0.3 is 5.21 Å². The molecule has 0 aromatic heterocycles. The topological polar surface area (TPSA) is 104 Å². The minimum Gasteiger partial charge on any atom is -0.328 e. The Hall–Kier alpha value is -0.450. The van der Waals surface area contributed by atoms with E-state index in [1.165, 1.54) is 13.3 Å². The number of rotatable bonds is 1. The van der Waals surface area contributed by atoms with Crippen LogP contribution in [0.5, 0.6) is 0 Å². The standard InChI is InChI=1S/C4H13O2P.HNO3/c1-4-7(2,3,5)6;2-1(3)4/h5-6H,4H2,1-3H3;(H,2,3,4). The molecule has 70 valence electrons. The van der Waals surface area contributed by atoms with Gasteiger partial charge in [-0.15, -0.1) is 10.1 Å². The number of hydrogen-bond donors (Lipinski definition) is 3. The molecule has 0 rings (SSSR count). The third kappa shape index (κ3) is 43.2. The van der Waals surface area contributed by atoms with Crippen LogP contribution < -0.4 is 0 Å². The van der Waals surface area contributed by atoms with E-state index >= 15 is 0 Å². The van der Waals surface area contributed by atoms with Crippen molar-refractivity contribution in [3.63, 3.8) is 0 Å². The largest absolute Gasteiger partial charge is 0.328 e. The summed E-state index contributed by atoms with van der Waals surface area (Å²) in [7, 11) is -3.08. The molecule has 0 unspecified atom stereocenters. The van der Waals surface area contributed by atoms with E-state index in [4.69, 9.17) is 25.1 Å². The molecule has 0 bridgehead atoms. The molecule has 0 saturated carbocycles. The molecule has 0 aliphatic rings. The molecule has 0 radical (unpaired) electrons. The predicted octanol–water partition coefficient (Wildman–Crippen LogP) is 0.286. The molecule has 0 saturated heterocycles. The van der Waals surface area contributed by atoms with Gasteiger partial charge in [-0.2, -0.15) is 0 Å². The summed E-state index contributed by atoms with van der Waals surface area (Å²) in [5.41, 5.74) is 0. The van der Waals surface area contributed by atoms with Crippen LogP contribution in [0.15, 0.2) is 0 Å². The Morgan fingerprint density at radius 2 is 1.55 bits per heavy atom. The van der Waals surface area contributed by atoms with Crippen LogP contribution in [0.4, 0.5) is 0 Å². The minimum absolute atomic E-state index is 0.478. The van der Waals surface area contributed by atoms with E-state index < -0.39 is 12.1 Å². The van der Waals surface area contributed by atoms with Gasteiger partial charge in [0.25, 0.3) is 5.09 Å². The smallest absolute Gasteiger partial charge is 0.291 e. The van der Waals surface area contributed by atoms with Gasteiger partial charge in [-0.3, -0.25) is 0 Å². The van der Waals surface area contributed by atoms with E-state index in [9.17, 15) is 0 Å². The molecule has 0 fully saturated rings. The van der Waals surface area contributed by atoms with Gasteiger partial charge in [-0.1, -0.05) is 0 Å². The monoisotopic (exact) mass is 187 g/mol. The molecule has 0 aromatic carbocycles. The Labute approximate surface area is 64.7 Å². The summed E-state index contributed by atoms with van der Waals surface area (Å²) in [5, 5.41) is 13.6. The van der Waals surface area contributed by atoms with Crippen LogP contribution in [0.1, 0.15) is 6.92 Å². The maximum atomic E-state index is 8.98. The van der Waals surface area contributed by atoms with Gasteiger partial charge in [0.15, 0.2) is 0 Å². The summed E-state index contributed by atoms with van der Waals surface area (Å²) in [5.74, 6) is 0. The van der Waals surface area contributed by atoms with Gasteiger partial charge in [0.2, 0.25) is 0 Å². The summed E-state index contributed by atoms with van der Waals surface area (Å²) in [6.07, 6.45) is 0.478. The summed E-state index contributed by atoms with van der Waals surface area (Å²) in [6.45, 7) is 4.79. The van der Waals surface area contributed by atoms with Gasteiger partial charge in [0, 0.05) is 0 Å². The van der Waals surface area contributed by atoms with E-state index in [0.717, 1.165) is 0 Å². The van der Waals surface area contributed by atoms with Crippen molar-refractivity contribution in [2.45, 2.75) is 6.92 Å². The molecule has 7 heteroatoms. The number of hydrogen-bond acceptors (Lipinski definition) is 4. The molecule has 0 heterocycles. The number of nitrogens with zero attached hydrogens (tertiary/aromatic N) is 1. The first-order valence-electron chi connectivity index (χ1n) is 2.88. The third-order valence-electron chi connectivity index (χ3n) is 0.915. The molecule has 6 nitrogen and oxygen atoms in total. The second-order valence-electron chi connectivity index (χ2n) is 2.81. The van der Waals surface area contributed by atoms with Gasteiger partial charge >= 0.3 is 43.3 Å². The molecule has 3 N–H and O–H groups in total. The summed E-state index contributed by atoms with van der Waals surface area (Å²) >= 11 is 0. The van der Waals surface area contributed by atoms with E-state index in [1.807, 2.05) is 0 Å². The Morgan fingerprint density at radius 3 is 1.55 bits per heavy atom. The summed E-state index contributed by atoms with van der Waals surface area (Å²) in [4.78, 5) is 26.3. The summed E-state index contributed by atoms with van der Waals surface area (Å²) < 4.78 is 0. The zero-order chi connectivity index (χ0) is 9.73. The fraction of sp³-hybridized carbons (Fsp3) is 1.00. The normalized spacial score (nSPS) is 13.7. The fourth-order valence-corrected chi connectivity index (χ4v) is 0. The van der Waals surface area contributed by atoms with Crippen molar-refractivity contribution in [3.8, 4) is 0 Å². The van der Waals surface area contributed by atoms with Gasteiger partial charge in [-0.05, 0) is 0 Å². The molecule has 11 heavy (non-hydrogen) atoms. The van der Waals surface area contributed by atoms with Crippen LogP contribution >= 0.6 is 7.06 Å². The van der Waals surface area contributed by atoms with E-state index in [1.54, 1.807) is 6.92 Å². The van der Waals surface area contributed by atoms with E-state index in [2.05, 4.69) is 0 Å². The SMILES string of the molecule is CCP(C)(C)(O)O.O=[N+]([O-])O. The Kier molecular flexibility index (Phi) is 4.55. The van der Waals surface area contributed by atoms with Crippen LogP contribution in [-0.4, -0.2) is 39.6 Å². The summed E-state index contributed by atoms with van der Waals surface area (Å²) in [6, 6.07) is 0. The average molecular weight is 187 g/mol. The van der Waals surface area contributed by atoms with E-state index in [-0.39, 0.29) is 0 Å². The average Bonchev–Trinajstić information content (AvgIpc) is 1.60. The zero-order valence-electron chi connectivity index (χ0n) is 6.76. The third-order valence-corrected chi connectivity index (χ3v) is 2.75. The molecule has 0 amide bonds. The predicted molar refractivity (Wildman–Crippen MR) is 42.5 cm³/mol. The molecule has 0 atom stereocenters. The van der Waals surface area contributed by atoms with Crippen molar-refractivity contribution in [2.24, 2.45) is 0 Å². The molecule has 0 aliphatic carbocycles. The van der Waals surface area contributed by atoms with Crippen molar-refractivity contribution in [3.05, 3.63) is 10.1 Å². The van der Waals surface area contributed by atoms with Crippen molar-refractivity contribution in [1.29, 1.82) is 0 Å². The molecule has 0 aliphatic heterocycles. The first-order valence-corrected chi connectivity index (χ1v) is 6.10. The first kappa shape index (κ1) is 13.2. The maximum Gasteiger partial charge on any atom is 0.291 e. The molecular weight excluding hydrogens is 173 g/mol. The molecule has 0 aromatic rings. The van der Waals surface area contributed by atoms with Gasteiger partial charge in [-0.25, -0.2) is 0 Å². The first-order chi connectivity index (χ1) is 4.54. The Balaban J connectivity index is 0. The molecular formula is C4H14NO5P. The second kappa shape index (κ2) is 3.80. The van der Waals surface area contributed by atoms with Crippen molar-refractivity contribution in [2.75, 3.05) is 19.5 Å². The Morgan fingerprint density at radius 1 is 1.45 bits per heavy atom. The minimum atomic E-state index is -3.08. The van der Waals surface area contributed by atoms with Gasteiger partial charge in [0.1, 0.15) is 0 Å². The zero-order valence-corrected chi connectivity index (χ0v) is 7.65. The Bertz CT molecular complexity index is 126. The second-order valence-corrected chi connectivity index (χ2v) is 7.94. The van der Waals surface area contributed by atoms with Crippen LogP contribution in [-0.2, 0) is 0 Å².